The van der Waals surface area contributed by atoms with Crippen LogP contribution < -0.4 is 0 Å². The molecule has 0 aliphatic heterocycles. The Morgan fingerprint density at radius 2 is 1.47 bits per heavy atom. The molecule has 4 unspecified atom stereocenters. The van der Waals surface area contributed by atoms with Gasteiger partial charge in [0.2, 0.25) is 0 Å². The zero-order valence-corrected chi connectivity index (χ0v) is 17.4. The van der Waals surface area contributed by atoms with Gasteiger partial charge in [-0.3, -0.25) is 4.79 Å². The molecule has 174 valence electrons. The smallest absolute Gasteiger partial charge is 0.462 e. The molecule has 0 aromatic carbocycles. The fraction of sp³-hybridized carbons (Fsp3) is 0.812. The minimum atomic E-state index is -6.78. The highest BCUT2D eigenvalue weighted by Gasteiger charge is 2.63. The van der Waals surface area contributed by atoms with Crippen molar-refractivity contribution in [1.29, 1.82) is 0 Å². The highest BCUT2D eigenvalue weighted by atomic mass is 32.3. The standard InChI is InChI=1S/C16H20F6O6S2/c1-8(2)12(28-14(23)11-6-9-3-4-10(11)5-9)7-13(29(24,25)15(17,18)19)30(26,27)16(20,21)22/h3-4,8-13H,5-7H2,1-2H3. The predicted molar refractivity (Wildman–Crippen MR) is 91.9 cm³/mol. The summed E-state index contributed by atoms with van der Waals surface area (Å²) in [6.45, 7) is 2.52. The monoisotopic (exact) mass is 486 g/mol. The van der Waals surface area contributed by atoms with Crippen LogP contribution in [0.2, 0.25) is 0 Å². The maximum absolute atomic E-state index is 12.9. The van der Waals surface area contributed by atoms with Crippen molar-refractivity contribution in [3.63, 3.8) is 0 Å². The molecule has 0 N–H and O–H groups in total. The summed E-state index contributed by atoms with van der Waals surface area (Å²) in [4.78, 5) is 12.4. The van der Waals surface area contributed by atoms with E-state index in [-0.39, 0.29) is 11.8 Å². The van der Waals surface area contributed by atoms with E-state index in [9.17, 15) is 48.0 Å². The largest absolute Gasteiger partial charge is 0.498 e. The van der Waals surface area contributed by atoms with Crippen LogP contribution in [0.25, 0.3) is 0 Å². The van der Waals surface area contributed by atoms with Gasteiger partial charge in [0.1, 0.15) is 6.10 Å². The molecule has 0 amide bonds. The Morgan fingerprint density at radius 1 is 0.967 bits per heavy atom. The molecule has 2 rings (SSSR count). The van der Waals surface area contributed by atoms with Gasteiger partial charge in [-0.05, 0) is 30.6 Å². The number of rotatable bonds is 7. The average molecular weight is 486 g/mol. The summed E-state index contributed by atoms with van der Waals surface area (Å²) in [6.07, 6.45) is 1.20. The van der Waals surface area contributed by atoms with Gasteiger partial charge in [-0.2, -0.15) is 26.3 Å². The molecule has 2 aliphatic carbocycles. The van der Waals surface area contributed by atoms with Gasteiger partial charge in [-0.15, -0.1) is 0 Å². The summed E-state index contributed by atoms with van der Waals surface area (Å²) in [7, 11) is -13.6. The summed E-state index contributed by atoms with van der Waals surface area (Å²) in [5.74, 6) is -2.60. The van der Waals surface area contributed by atoms with E-state index in [0.29, 0.717) is 12.8 Å². The topological polar surface area (TPSA) is 94.6 Å². The molecule has 2 bridgehead atoms. The number of hydrogen-bond donors (Lipinski definition) is 0. The Bertz CT molecular complexity index is 859. The van der Waals surface area contributed by atoms with E-state index in [2.05, 4.69) is 0 Å². The summed E-state index contributed by atoms with van der Waals surface area (Å²) < 4.78 is 126. The number of fused-ring (bicyclic) bond motifs is 2. The van der Waals surface area contributed by atoms with Crippen molar-refractivity contribution in [3.8, 4) is 0 Å². The fourth-order valence-electron chi connectivity index (χ4n) is 3.65. The molecular formula is C16H20F6O6S2. The molecule has 0 heterocycles. The number of ether oxygens (including phenoxy) is 1. The van der Waals surface area contributed by atoms with E-state index in [1.807, 2.05) is 6.08 Å². The number of esters is 1. The first-order valence-corrected chi connectivity index (χ1v) is 12.0. The minimum Gasteiger partial charge on any atom is -0.462 e. The molecule has 0 aromatic heterocycles. The zero-order chi connectivity index (χ0) is 23.3. The van der Waals surface area contributed by atoms with Crippen LogP contribution in [0, 0.1) is 23.7 Å². The molecule has 0 spiro atoms. The van der Waals surface area contributed by atoms with Crippen molar-refractivity contribution >= 4 is 25.6 Å². The first-order chi connectivity index (χ1) is 13.4. The molecule has 6 nitrogen and oxygen atoms in total. The quantitative estimate of drug-likeness (QED) is 0.311. The molecular weight excluding hydrogens is 466 g/mol. The third kappa shape index (κ3) is 4.63. The summed E-state index contributed by atoms with van der Waals surface area (Å²) in [5, 5.41) is 0. The van der Waals surface area contributed by atoms with Gasteiger partial charge in [-0.1, -0.05) is 26.0 Å². The van der Waals surface area contributed by atoms with E-state index in [0.717, 1.165) is 0 Å². The zero-order valence-electron chi connectivity index (χ0n) is 15.8. The number of alkyl halides is 6. The lowest BCUT2D eigenvalue weighted by Crippen LogP contribution is -2.47. The second-order valence-corrected chi connectivity index (χ2v) is 12.3. The van der Waals surface area contributed by atoms with Crippen molar-refractivity contribution < 1.29 is 52.7 Å². The molecule has 4 atom stereocenters. The highest BCUT2D eigenvalue weighted by molar-refractivity contribution is 8.09. The van der Waals surface area contributed by atoms with Crippen molar-refractivity contribution in [2.45, 2.75) is 54.8 Å². The molecule has 1 fully saturated rings. The first-order valence-electron chi connectivity index (χ1n) is 8.88. The first kappa shape index (κ1) is 25.0. The van der Waals surface area contributed by atoms with Gasteiger partial charge in [0, 0.05) is 6.42 Å². The Labute approximate surface area is 169 Å². The third-order valence-corrected chi connectivity index (χ3v) is 9.93. The number of carbonyl (C=O) groups excluding carboxylic acids is 1. The van der Waals surface area contributed by atoms with Crippen LogP contribution >= 0.6 is 0 Å². The number of halogens is 6. The summed E-state index contributed by atoms with van der Waals surface area (Å²) in [6, 6.07) is 0. The van der Waals surface area contributed by atoms with Gasteiger partial charge in [0.05, 0.1) is 5.92 Å². The van der Waals surface area contributed by atoms with Crippen LogP contribution in [-0.4, -0.2) is 44.5 Å². The average Bonchev–Trinajstić information content (AvgIpc) is 3.18. The second kappa shape index (κ2) is 7.99. The maximum Gasteiger partial charge on any atom is 0.498 e. The van der Waals surface area contributed by atoms with Crippen molar-refractivity contribution in [1.82, 2.24) is 0 Å². The number of allylic oxidation sites excluding steroid dienone is 2. The lowest BCUT2D eigenvalue weighted by atomic mass is 9.93. The Kier molecular flexibility index (Phi) is 6.65. The number of sulfone groups is 2. The molecule has 0 saturated heterocycles. The minimum absolute atomic E-state index is 0.106. The summed E-state index contributed by atoms with van der Waals surface area (Å²) in [5.41, 5.74) is -12.5. The van der Waals surface area contributed by atoms with Crippen LogP contribution in [-0.2, 0) is 29.2 Å². The number of hydrogen-bond acceptors (Lipinski definition) is 6. The van der Waals surface area contributed by atoms with E-state index < -0.39 is 65.6 Å². The van der Waals surface area contributed by atoms with Crippen molar-refractivity contribution in [3.05, 3.63) is 12.2 Å². The third-order valence-electron chi connectivity index (χ3n) is 5.35. The van der Waals surface area contributed by atoms with Crippen molar-refractivity contribution in [2.75, 3.05) is 0 Å². The SMILES string of the molecule is CC(C)C(CC(S(=O)(=O)C(F)(F)F)S(=O)(=O)C(F)(F)F)OC(=O)C1CC2C=CC1C2. The maximum atomic E-state index is 12.9. The molecule has 2 aliphatic rings. The fourth-order valence-corrected chi connectivity index (χ4v) is 7.12. The molecule has 30 heavy (non-hydrogen) atoms. The van der Waals surface area contributed by atoms with Gasteiger partial charge in [0.25, 0.3) is 19.7 Å². The van der Waals surface area contributed by atoms with Crippen LogP contribution in [0.15, 0.2) is 12.2 Å². The Hall–Kier alpha value is -1.31. The highest BCUT2D eigenvalue weighted by Crippen LogP contribution is 2.45. The van der Waals surface area contributed by atoms with Crippen LogP contribution in [0.4, 0.5) is 26.3 Å². The van der Waals surface area contributed by atoms with E-state index in [1.165, 1.54) is 13.8 Å². The van der Waals surface area contributed by atoms with Crippen LogP contribution in [0.3, 0.4) is 0 Å². The predicted octanol–water partition coefficient (Wildman–Crippen LogP) is 3.35. The summed E-state index contributed by atoms with van der Waals surface area (Å²) >= 11 is 0. The molecule has 0 aromatic rings. The molecule has 14 heteroatoms. The van der Waals surface area contributed by atoms with Gasteiger partial charge in [-0.25, -0.2) is 16.8 Å². The normalized spacial score (nSPS) is 25.9. The van der Waals surface area contributed by atoms with Crippen LogP contribution in [0.5, 0.6) is 0 Å². The van der Waals surface area contributed by atoms with Gasteiger partial charge < -0.3 is 4.74 Å². The van der Waals surface area contributed by atoms with Gasteiger partial charge >= 0.3 is 17.0 Å². The van der Waals surface area contributed by atoms with E-state index in [1.54, 1.807) is 6.08 Å². The molecule has 0 radical (unpaired) electrons. The number of carbonyl (C=O) groups is 1. The van der Waals surface area contributed by atoms with Gasteiger partial charge in [0.15, 0.2) is 4.58 Å². The van der Waals surface area contributed by atoms with Crippen LogP contribution in [0.1, 0.15) is 33.1 Å². The lowest BCUT2D eigenvalue weighted by molar-refractivity contribution is -0.157. The Balaban J connectivity index is 2.35. The van der Waals surface area contributed by atoms with Crippen molar-refractivity contribution in [2.24, 2.45) is 23.7 Å². The lowest BCUT2D eigenvalue weighted by Gasteiger charge is -2.29. The van der Waals surface area contributed by atoms with E-state index in [4.69, 9.17) is 4.74 Å². The second-order valence-electron chi connectivity index (χ2n) is 7.75. The Morgan fingerprint density at radius 3 is 1.80 bits per heavy atom. The molecule has 1 saturated carbocycles. The van der Waals surface area contributed by atoms with E-state index >= 15 is 0 Å².